The molecular formula is C30H23NO4. The average molecular weight is 462 g/mol. The third-order valence-corrected chi connectivity index (χ3v) is 8.17. The zero-order valence-corrected chi connectivity index (χ0v) is 18.9. The summed E-state index contributed by atoms with van der Waals surface area (Å²) in [7, 11) is 0. The molecule has 0 N–H and O–H groups in total. The normalized spacial score (nSPS) is 29.7. The van der Waals surface area contributed by atoms with Crippen LogP contribution in [0, 0.1) is 35.5 Å². The molecule has 0 spiro atoms. The molecule has 0 aromatic heterocycles. The second-order valence-electron chi connectivity index (χ2n) is 10.00. The van der Waals surface area contributed by atoms with Crippen LogP contribution in [0.3, 0.4) is 0 Å². The Morgan fingerprint density at radius 2 is 1.37 bits per heavy atom. The number of imide groups is 1. The molecule has 1 heterocycles. The third-order valence-electron chi connectivity index (χ3n) is 8.17. The van der Waals surface area contributed by atoms with Crippen LogP contribution < -0.4 is 9.64 Å². The number of nitrogens with zero attached hydrogens (tertiary/aromatic N) is 1. The zero-order valence-electron chi connectivity index (χ0n) is 18.9. The van der Waals surface area contributed by atoms with Crippen molar-refractivity contribution in [1.82, 2.24) is 0 Å². The molecule has 35 heavy (non-hydrogen) atoms. The number of esters is 1. The highest BCUT2D eigenvalue weighted by atomic mass is 16.5. The fourth-order valence-corrected chi connectivity index (χ4v) is 6.50. The van der Waals surface area contributed by atoms with Gasteiger partial charge in [-0.05, 0) is 71.6 Å². The smallest absolute Gasteiger partial charge is 0.343 e. The van der Waals surface area contributed by atoms with Crippen LogP contribution in [0.1, 0.15) is 16.8 Å². The Kier molecular flexibility index (Phi) is 4.37. The Bertz CT molecular complexity index is 1360. The first kappa shape index (κ1) is 20.4. The van der Waals surface area contributed by atoms with Gasteiger partial charge in [0.15, 0.2) is 0 Å². The van der Waals surface area contributed by atoms with Gasteiger partial charge in [0, 0.05) is 0 Å². The molecule has 5 nitrogen and oxygen atoms in total. The van der Waals surface area contributed by atoms with E-state index in [4.69, 9.17) is 4.74 Å². The molecule has 4 aliphatic carbocycles. The lowest BCUT2D eigenvalue weighted by Crippen LogP contribution is -2.40. The lowest BCUT2D eigenvalue weighted by molar-refractivity contribution is -0.124. The van der Waals surface area contributed by atoms with Crippen molar-refractivity contribution in [2.45, 2.75) is 6.42 Å². The number of hydrogen-bond donors (Lipinski definition) is 0. The molecule has 172 valence electrons. The second kappa shape index (κ2) is 7.51. The van der Waals surface area contributed by atoms with Gasteiger partial charge in [-0.2, -0.15) is 0 Å². The minimum atomic E-state index is -0.529. The minimum absolute atomic E-state index is 0.133. The molecule has 2 bridgehead atoms. The molecule has 6 atom stereocenters. The van der Waals surface area contributed by atoms with Gasteiger partial charge in [0.25, 0.3) is 0 Å². The molecule has 0 radical (unpaired) electrons. The van der Waals surface area contributed by atoms with Gasteiger partial charge in [0.1, 0.15) is 5.75 Å². The van der Waals surface area contributed by atoms with Crippen molar-refractivity contribution in [2.24, 2.45) is 35.5 Å². The summed E-state index contributed by atoms with van der Waals surface area (Å²) in [5, 5.41) is 0. The van der Waals surface area contributed by atoms with E-state index in [1.165, 1.54) is 4.90 Å². The maximum Gasteiger partial charge on any atom is 0.343 e. The maximum absolute atomic E-state index is 13.4. The first-order chi connectivity index (χ1) is 17.1. The van der Waals surface area contributed by atoms with Crippen molar-refractivity contribution in [3.05, 3.63) is 96.6 Å². The fraction of sp³-hybridized carbons (Fsp3) is 0.233. The maximum atomic E-state index is 13.4. The fourth-order valence-electron chi connectivity index (χ4n) is 6.50. The standard InChI is InChI=1S/C30H23NO4/c32-28-26-22-13-14-23(25-16-24(22)25)27(26)29(33)31(28)20-8-4-7-19(15-20)30(34)35-21-11-9-18(10-12-21)17-5-2-1-3-6-17/h1-15,22-27H,16H2/t22-,23-,24-,25-,26+,27+/m1/s1. The average Bonchev–Trinajstić information content (AvgIpc) is 3.68. The molecule has 1 aliphatic heterocycles. The van der Waals surface area contributed by atoms with Gasteiger partial charge in [-0.15, -0.1) is 0 Å². The van der Waals surface area contributed by atoms with Crippen LogP contribution in [-0.4, -0.2) is 17.8 Å². The summed E-state index contributed by atoms with van der Waals surface area (Å²) >= 11 is 0. The molecule has 2 amide bonds. The van der Waals surface area contributed by atoms with E-state index >= 15 is 0 Å². The number of ether oxygens (including phenoxy) is 1. The Morgan fingerprint density at radius 1 is 0.743 bits per heavy atom. The summed E-state index contributed by atoms with van der Waals surface area (Å²) in [6, 6.07) is 23.9. The van der Waals surface area contributed by atoms with Gasteiger partial charge in [0.2, 0.25) is 11.8 Å². The lowest BCUT2D eigenvalue weighted by atomic mass is 9.63. The van der Waals surface area contributed by atoms with Crippen LogP contribution in [-0.2, 0) is 9.59 Å². The van der Waals surface area contributed by atoms with Crippen LogP contribution >= 0.6 is 0 Å². The van der Waals surface area contributed by atoms with E-state index in [1.807, 2.05) is 42.5 Å². The van der Waals surface area contributed by atoms with E-state index in [2.05, 4.69) is 12.2 Å². The summed E-state index contributed by atoms with van der Waals surface area (Å²) in [5.74, 6) is 0.556. The quantitative estimate of drug-likeness (QED) is 0.234. The second-order valence-corrected chi connectivity index (χ2v) is 10.00. The highest BCUT2D eigenvalue weighted by Gasteiger charge is 2.67. The molecule has 3 aromatic carbocycles. The predicted octanol–water partition coefficient (Wildman–Crippen LogP) is 5.13. The number of hydrogen-bond acceptors (Lipinski definition) is 4. The highest BCUT2D eigenvalue weighted by molar-refractivity contribution is 6.23. The van der Waals surface area contributed by atoms with Gasteiger partial charge < -0.3 is 4.74 Å². The number of carbonyl (C=O) groups excluding carboxylic acids is 3. The van der Waals surface area contributed by atoms with Crippen molar-refractivity contribution in [1.29, 1.82) is 0 Å². The molecular weight excluding hydrogens is 438 g/mol. The largest absolute Gasteiger partial charge is 0.423 e. The molecule has 3 fully saturated rings. The number of rotatable bonds is 4. The van der Waals surface area contributed by atoms with Gasteiger partial charge in [-0.25, -0.2) is 9.69 Å². The van der Waals surface area contributed by atoms with E-state index in [9.17, 15) is 14.4 Å². The molecule has 5 aliphatic rings. The number of anilines is 1. The van der Waals surface area contributed by atoms with Crippen molar-refractivity contribution in [2.75, 3.05) is 4.90 Å². The van der Waals surface area contributed by atoms with E-state index in [-0.39, 0.29) is 35.5 Å². The predicted molar refractivity (Wildman–Crippen MR) is 130 cm³/mol. The molecule has 3 aromatic rings. The van der Waals surface area contributed by atoms with Crippen LogP contribution in [0.5, 0.6) is 5.75 Å². The SMILES string of the molecule is O=C(Oc1ccc(-c2ccccc2)cc1)c1cccc(N2C(=O)[C@H]3[C@@H]4C=C[C@H]([C@H]5C[C@H]45)[C@@H]3C2=O)c1. The van der Waals surface area contributed by atoms with Crippen LogP contribution in [0.4, 0.5) is 5.69 Å². The summed E-state index contributed by atoms with van der Waals surface area (Å²) < 4.78 is 5.58. The summed E-state index contributed by atoms with van der Waals surface area (Å²) in [6.07, 6.45) is 5.45. The molecule has 1 saturated heterocycles. The Balaban J connectivity index is 1.11. The van der Waals surface area contributed by atoms with Crippen molar-refractivity contribution < 1.29 is 19.1 Å². The molecule has 2 saturated carbocycles. The number of carbonyl (C=O) groups is 3. The number of amides is 2. The topological polar surface area (TPSA) is 63.7 Å². The number of benzene rings is 3. The molecule has 5 heteroatoms. The summed E-state index contributed by atoms with van der Waals surface area (Å²) in [6.45, 7) is 0. The van der Waals surface area contributed by atoms with E-state index < -0.39 is 5.97 Å². The van der Waals surface area contributed by atoms with Crippen LogP contribution in [0.2, 0.25) is 0 Å². The minimum Gasteiger partial charge on any atom is -0.423 e. The van der Waals surface area contributed by atoms with Crippen LogP contribution in [0.15, 0.2) is 91.0 Å². The van der Waals surface area contributed by atoms with E-state index in [0.29, 0.717) is 28.8 Å². The molecule has 8 rings (SSSR count). The number of allylic oxidation sites excluding steroid dienone is 2. The Hall–Kier alpha value is -3.99. The van der Waals surface area contributed by atoms with E-state index in [1.54, 1.807) is 36.4 Å². The van der Waals surface area contributed by atoms with Gasteiger partial charge in [0.05, 0.1) is 23.1 Å². The van der Waals surface area contributed by atoms with Crippen LogP contribution in [0.25, 0.3) is 11.1 Å². The third kappa shape index (κ3) is 3.11. The van der Waals surface area contributed by atoms with Crippen molar-refractivity contribution in [3.63, 3.8) is 0 Å². The first-order valence-corrected chi connectivity index (χ1v) is 12.1. The van der Waals surface area contributed by atoms with E-state index in [0.717, 1.165) is 17.5 Å². The molecule has 0 unspecified atom stereocenters. The summed E-state index contributed by atoms with van der Waals surface area (Å²) in [4.78, 5) is 41.0. The zero-order chi connectivity index (χ0) is 23.7. The van der Waals surface area contributed by atoms with Gasteiger partial charge >= 0.3 is 5.97 Å². The highest BCUT2D eigenvalue weighted by Crippen LogP contribution is 2.65. The van der Waals surface area contributed by atoms with Gasteiger partial charge in [-0.3, -0.25) is 9.59 Å². The van der Waals surface area contributed by atoms with Crippen molar-refractivity contribution in [3.8, 4) is 16.9 Å². The van der Waals surface area contributed by atoms with Crippen molar-refractivity contribution >= 4 is 23.5 Å². The lowest BCUT2D eigenvalue weighted by Gasteiger charge is -2.37. The monoisotopic (exact) mass is 461 g/mol. The van der Waals surface area contributed by atoms with Gasteiger partial charge in [-0.1, -0.05) is 60.7 Å². The summed E-state index contributed by atoms with van der Waals surface area (Å²) in [5.41, 5.74) is 2.85. The Labute approximate surface area is 203 Å². The Morgan fingerprint density at radius 3 is 2.03 bits per heavy atom. The first-order valence-electron chi connectivity index (χ1n) is 12.1.